The molecule has 0 saturated heterocycles. The van der Waals surface area contributed by atoms with E-state index >= 15 is 0 Å². The largest absolute Gasteiger partial charge is 0.511 e. The van der Waals surface area contributed by atoms with Crippen LogP contribution in [0.5, 0.6) is 11.5 Å². The number of aliphatic hydroxyl groups excluding tert-OH is 1. The lowest BCUT2D eigenvalue weighted by atomic mass is 10.0. The molecule has 6 nitrogen and oxygen atoms in total. The molecule has 0 aliphatic rings. The highest BCUT2D eigenvalue weighted by Crippen LogP contribution is 2.27. The molecule has 0 radical (unpaired) electrons. The maximum atomic E-state index is 11.7. The molecule has 120 valence electrons. The summed E-state index contributed by atoms with van der Waals surface area (Å²) in [6.45, 7) is 2.94. The monoisotopic (exact) mass is 308 g/mol. The summed E-state index contributed by atoms with van der Waals surface area (Å²) in [6.07, 6.45) is 0.473. The summed E-state index contributed by atoms with van der Waals surface area (Å²) < 4.78 is 9.76. The van der Waals surface area contributed by atoms with Crippen molar-refractivity contribution < 1.29 is 29.3 Å². The standard InChI is InChI=1S/C16H20O6/c1-4-22-16(20)15(10(2)17)13(19)8-6-11-5-7-12(18)14(9-11)21-3/h5,7,9,18-19H,4,6,8H2,1-3H3/b15-13+. The first-order valence-electron chi connectivity index (χ1n) is 6.86. The van der Waals surface area contributed by atoms with Crippen LogP contribution in [0, 0.1) is 0 Å². The first-order valence-corrected chi connectivity index (χ1v) is 6.86. The van der Waals surface area contributed by atoms with Crippen molar-refractivity contribution in [2.45, 2.75) is 26.7 Å². The summed E-state index contributed by atoms with van der Waals surface area (Å²) in [5.74, 6) is -1.34. The van der Waals surface area contributed by atoms with Gasteiger partial charge in [-0.15, -0.1) is 0 Å². The zero-order valence-electron chi connectivity index (χ0n) is 12.9. The molecule has 0 spiro atoms. The number of methoxy groups -OCH3 is 1. The van der Waals surface area contributed by atoms with E-state index in [1.807, 2.05) is 0 Å². The van der Waals surface area contributed by atoms with Crippen LogP contribution in [0.3, 0.4) is 0 Å². The van der Waals surface area contributed by atoms with Gasteiger partial charge in [0.25, 0.3) is 0 Å². The van der Waals surface area contributed by atoms with Crippen LogP contribution in [0.1, 0.15) is 25.8 Å². The summed E-state index contributed by atoms with van der Waals surface area (Å²) in [7, 11) is 1.44. The third-order valence-corrected chi connectivity index (χ3v) is 3.01. The van der Waals surface area contributed by atoms with E-state index in [0.29, 0.717) is 12.2 Å². The fraction of sp³-hybridized carbons (Fsp3) is 0.375. The lowest BCUT2D eigenvalue weighted by Gasteiger charge is -2.09. The highest BCUT2D eigenvalue weighted by atomic mass is 16.5. The number of phenolic OH excluding ortho intramolecular Hbond substituents is 1. The molecule has 0 saturated carbocycles. The molecular weight excluding hydrogens is 288 g/mol. The maximum Gasteiger partial charge on any atom is 0.345 e. The zero-order chi connectivity index (χ0) is 16.7. The molecule has 0 heterocycles. The van der Waals surface area contributed by atoms with Crippen LogP contribution in [-0.2, 0) is 20.7 Å². The van der Waals surface area contributed by atoms with Gasteiger partial charge in [-0.25, -0.2) is 4.79 Å². The van der Waals surface area contributed by atoms with Crippen LogP contribution in [0.15, 0.2) is 29.5 Å². The molecular formula is C16H20O6. The Kier molecular flexibility index (Phi) is 6.44. The van der Waals surface area contributed by atoms with Crippen LogP contribution in [0.4, 0.5) is 0 Å². The Balaban J connectivity index is 2.90. The number of hydrogen-bond donors (Lipinski definition) is 2. The van der Waals surface area contributed by atoms with Crippen molar-refractivity contribution >= 4 is 11.8 Å². The highest BCUT2D eigenvalue weighted by molar-refractivity contribution is 6.16. The molecule has 2 N–H and O–H groups in total. The number of rotatable bonds is 7. The van der Waals surface area contributed by atoms with E-state index in [-0.39, 0.29) is 30.1 Å². The Morgan fingerprint density at radius 1 is 1.27 bits per heavy atom. The van der Waals surface area contributed by atoms with E-state index in [4.69, 9.17) is 9.47 Å². The van der Waals surface area contributed by atoms with E-state index in [1.165, 1.54) is 20.1 Å². The van der Waals surface area contributed by atoms with Crippen molar-refractivity contribution in [2.24, 2.45) is 0 Å². The Morgan fingerprint density at radius 2 is 1.95 bits per heavy atom. The van der Waals surface area contributed by atoms with Gasteiger partial charge in [0.05, 0.1) is 13.7 Å². The molecule has 6 heteroatoms. The second kappa shape index (κ2) is 8.07. The number of benzene rings is 1. The Hall–Kier alpha value is -2.50. The summed E-state index contributed by atoms with van der Waals surface area (Å²) in [5.41, 5.74) is 0.459. The van der Waals surface area contributed by atoms with Crippen molar-refractivity contribution in [3.63, 3.8) is 0 Å². The quantitative estimate of drug-likeness (QED) is 0.264. The zero-order valence-corrected chi connectivity index (χ0v) is 12.9. The average Bonchev–Trinajstić information content (AvgIpc) is 2.46. The number of carbonyl (C=O) groups excluding carboxylic acids is 2. The van der Waals surface area contributed by atoms with Gasteiger partial charge >= 0.3 is 5.97 Å². The minimum Gasteiger partial charge on any atom is -0.511 e. The number of allylic oxidation sites excluding steroid dienone is 1. The molecule has 0 atom stereocenters. The van der Waals surface area contributed by atoms with Gasteiger partial charge in [-0.2, -0.15) is 0 Å². The Bertz CT molecular complexity index is 588. The van der Waals surface area contributed by atoms with Crippen molar-refractivity contribution in [1.29, 1.82) is 0 Å². The van der Waals surface area contributed by atoms with Gasteiger partial charge in [-0.1, -0.05) is 6.07 Å². The molecule has 22 heavy (non-hydrogen) atoms. The van der Waals surface area contributed by atoms with Gasteiger partial charge in [-0.3, -0.25) is 4.79 Å². The van der Waals surface area contributed by atoms with E-state index in [1.54, 1.807) is 19.1 Å². The first kappa shape index (κ1) is 17.6. The van der Waals surface area contributed by atoms with Crippen molar-refractivity contribution in [1.82, 2.24) is 0 Å². The van der Waals surface area contributed by atoms with Gasteiger partial charge in [0.2, 0.25) is 0 Å². The molecule has 1 aromatic rings. The molecule has 1 rings (SSSR count). The van der Waals surface area contributed by atoms with Crippen molar-refractivity contribution in [3.05, 3.63) is 35.1 Å². The van der Waals surface area contributed by atoms with Crippen molar-refractivity contribution in [3.8, 4) is 11.5 Å². The Labute approximate surface area is 129 Å². The van der Waals surface area contributed by atoms with Gasteiger partial charge in [0.1, 0.15) is 11.3 Å². The van der Waals surface area contributed by atoms with Gasteiger partial charge in [0.15, 0.2) is 17.3 Å². The molecule has 0 aliphatic carbocycles. The fourth-order valence-corrected chi connectivity index (χ4v) is 1.93. The third kappa shape index (κ3) is 4.51. The normalized spacial score (nSPS) is 11.6. The van der Waals surface area contributed by atoms with E-state index in [0.717, 1.165) is 5.56 Å². The smallest absolute Gasteiger partial charge is 0.345 e. The van der Waals surface area contributed by atoms with Crippen LogP contribution in [-0.4, -0.2) is 35.7 Å². The average molecular weight is 308 g/mol. The second-order valence-electron chi connectivity index (χ2n) is 4.60. The maximum absolute atomic E-state index is 11.7. The fourth-order valence-electron chi connectivity index (χ4n) is 1.93. The predicted octanol–water partition coefficient (Wildman–Crippen LogP) is 2.30. The summed E-state index contributed by atoms with van der Waals surface area (Å²) in [5, 5.41) is 19.5. The predicted molar refractivity (Wildman–Crippen MR) is 79.9 cm³/mol. The van der Waals surface area contributed by atoms with Crippen molar-refractivity contribution in [2.75, 3.05) is 13.7 Å². The third-order valence-electron chi connectivity index (χ3n) is 3.01. The van der Waals surface area contributed by atoms with E-state index in [9.17, 15) is 19.8 Å². The molecule has 1 aromatic carbocycles. The number of aryl methyl sites for hydroxylation is 1. The van der Waals surface area contributed by atoms with E-state index in [2.05, 4.69) is 0 Å². The van der Waals surface area contributed by atoms with Crippen LogP contribution >= 0.6 is 0 Å². The number of aliphatic hydroxyl groups is 1. The summed E-state index contributed by atoms with van der Waals surface area (Å²) >= 11 is 0. The number of aromatic hydroxyl groups is 1. The minimum atomic E-state index is -0.823. The molecule has 0 unspecified atom stereocenters. The van der Waals surface area contributed by atoms with E-state index < -0.39 is 11.8 Å². The number of ketones is 1. The minimum absolute atomic E-state index is 0.0157. The number of ether oxygens (including phenoxy) is 2. The molecule has 0 aliphatic heterocycles. The van der Waals surface area contributed by atoms with Gasteiger partial charge < -0.3 is 19.7 Å². The molecule has 0 bridgehead atoms. The molecule has 0 aromatic heterocycles. The van der Waals surface area contributed by atoms with Crippen LogP contribution < -0.4 is 4.74 Å². The molecule has 0 amide bonds. The van der Waals surface area contributed by atoms with Crippen LogP contribution in [0.2, 0.25) is 0 Å². The highest BCUT2D eigenvalue weighted by Gasteiger charge is 2.21. The lowest BCUT2D eigenvalue weighted by molar-refractivity contribution is -0.140. The van der Waals surface area contributed by atoms with Gasteiger partial charge in [0, 0.05) is 6.42 Å². The van der Waals surface area contributed by atoms with Crippen LogP contribution in [0.25, 0.3) is 0 Å². The number of hydrogen-bond acceptors (Lipinski definition) is 6. The topological polar surface area (TPSA) is 93.1 Å². The number of carbonyl (C=O) groups is 2. The Morgan fingerprint density at radius 3 is 2.50 bits per heavy atom. The number of esters is 1. The number of phenols is 1. The van der Waals surface area contributed by atoms with Gasteiger partial charge in [-0.05, 0) is 38.0 Å². The first-order chi connectivity index (χ1) is 10.4. The molecule has 0 fully saturated rings. The SMILES string of the molecule is CCOC(=O)/C(C(C)=O)=C(/O)CCc1ccc(O)c(OC)c1. The summed E-state index contributed by atoms with van der Waals surface area (Å²) in [6, 6.07) is 4.77. The summed E-state index contributed by atoms with van der Waals surface area (Å²) in [4.78, 5) is 23.2. The second-order valence-corrected chi connectivity index (χ2v) is 4.60. The lowest BCUT2D eigenvalue weighted by Crippen LogP contribution is -2.16. The number of Topliss-reactive ketones (excluding diaryl/α,β-unsaturated/α-hetero) is 1.